The Kier molecular flexibility index (Phi) is 3.68. The lowest BCUT2D eigenvalue weighted by Gasteiger charge is -2.29. The maximum Gasteiger partial charge on any atom is 0.0687 e. The SMILES string of the molecule is ClC1CCCC(CC2CCC3(CCCC3)O2)C1. The summed E-state index contributed by atoms with van der Waals surface area (Å²) in [6.45, 7) is 0. The van der Waals surface area contributed by atoms with E-state index >= 15 is 0 Å². The van der Waals surface area contributed by atoms with Crippen molar-refractivity contribution < 1.29 is 4.74 Å². The fourth-order valence-electron chi connectivity index (χ4n) is 4.26. The summed E-state index contributed by atoms with van der Waals surface area (Å²) in [4.78, 5) is 0. The summed E-state index contributed by atoms with van der Waals surface area (Å²) in [7, 11) is 0. The Balaban J connectivity index is 1.50. The van der Waals surface area contributed by atoms with E-state index in [4.69, 9.17) is 16.3 Å². The Morgan fingerprint density at radius 2 is 1.82 bits per heavy atom. The fraction of sp³-hybridized carbons (Fsp3) is 1.00. The molecule has 3 atom stereocenters. The van der Waals surface area contributed by atoms with Gasteiger partial charge in [0.2, 0.25) is 0 Å². The van der Waals surface area contributed by atoms with Crippen molar-refractivity contribution in [2.45, 2.75) is 87.7 Å². The zero-order valence-electron chi connectivity index (χ0n) is 10.8. The summed E-state index contributed by atoms with van der Waals surface area (Å²) in [5.74, 6) is 0.841. The van der Waals surface area contributed by atoms with Crippen LogP contribution in [-0.2, 0) is 4.74 Å². The van der Waals surface area contributed by atoms with Gasteiger partial charge < -0.3 is 4.74 Å². The third-order valence-electron chi connectivity index (χ3n) is 5.17. The highest BCUT2D eigenvalue weighted by Crippen LogP contribution is 2.45. The Labute approximate surface area is 110 Å². The van der Waals surface area contributed by atoms with Gasteiger partial charge in [-0.1, -0.05) is 25.7 Å². The number of hydrogen-bond donors (Lipinski definition) is 0. The first-order valence-electron chi connectivity index (χ1n) is 7.58. The van der Waals surface area contributed by atoms with Gasteiger partial charge in [0.05, 0.1) is 11.7 Å². The molecule has 0 N–H and O–H groups in total. The Hall–Kier alpha value is 0.250. The molecule has 1 heterocycles. The summed E-state index contributed by atoms with van der Waals surface area (Å²) in [6, 6.07) is 0. The van der Waals surface area contributed by atoms with Crippen molar-refractivity contribution in [3.05, 3.63) is 0 Å². The van der Waals surface area contributed by atoms with Crippen molar-refractivity contribution in [1.82, 2.24) is 0 Å². The average molecular weight is 257 g/mol. The van der Waals surface area contributed by atoms with Crippen LogP contribution in [0.25, 0.3) is 0 Å². The summed E-state index contributed by atoms with van der Waals surface area (Å²) in [6.07, 6.45) is 15.1. The maximum absolute atomic E-state index is 6.40. The van der Waals surface area contributed by atoms with E-state index in [1.165, 1.54) is 70.6 Å². The molecular weight excluding hydrogens is 232 g/mol. The van der Waals surface area contributed by atoms with Gasteiger partial charge in [-0.2, -0.15) is 0 Å². The van der Waals surface area contributed by atoms with Crippen LogP contribution in [0.4, 0.5) is 0 Å². The third-order valence-corrected chi connectivity index (χ3v) is 5.56. The molecule has 2 aliphatic carbocycles. The molecule has 3 aliphatic rings. The normalized spacial score (nSPS) is 41.1. The second-order valence-corrected chi connectivity index (χ2v) is 7.15. The Bertz CT molecular complexity index is 260. The van der Waals surface area contributed by atoms with Crippen molar-refractivity contribution >= 4 is 11.6 Å². The van der Waals surface area contributed by atoms with Gasteiger partial charge in [0, 0.05) is 5.38 Å². The van der Waals surface area contributed by atoms with E-state index in [0.29, 0.717) is 17.1 Å². The molecule has 0 aromatic heterocycles. The summed E-state index contributed by atoms with van der Waals surface area (Å²) < 4.78 is 6.40. The molecule has 98 valence electrons. The van der Waals surface area contributed by atoms with E-state index in [-0.39, 0.29) is 0 Å². The Morgan fingerprint density at radius 3 is 2.59 bits per heavy atom. The number of alkyl halides is 1. The lowest BCUT2D eigenvalue weighted by atomic mass is 9.84. The molecule has 3 unspecified atom stereocenters. The highest BCUT2D eigenvalue weighted by Gasteiger charge is 2.42. The minimum atomic E-state index is 0.319. The van der Waals surface area contributed by atoms with Crippen LogP contribution in [0.5, 0.6) is 0 Å². The number of halogens is 1. The fourth-order valence-corrected chi connectivity index (χ4v) is 4.67. The van der Waals surface area contributed by atoms with E-state index in [9.17, 15) is 0 Å². The minimum absolute atomic E-state index is 0.319. The van der Waals surface area contributed by atoms with Crippen LogP contribution in [0, 0.1) is 5.92 Å². The largest absolute Gasteiger partial charge is 0.372 e. The van der Waals surface area contributed by atoms with Crippen LogP contribution in [0.15, 0.2) is 0 Å². The first kappa shape index (κ1) is 12.3. The van der Waals surface area contributed by atoms with Crippen LogP contribution < -0.4 is 0 Å². The molecule has 0 radical (unpaired) electrons. The molecule has 3 rings (SSSR count). The molecule has 1 saturated heterocycles. The molecule has 2 saturated carbocycles. The first-order valence-corrected chi connectivity index (χ1v) is 8.01. The zero-order chi connectivity index (χ0) is 11.7. The van der Waals surface area contributed by atoms with Gasteiger partial charge >= 0.3 is 0 Å². The van der Waals surface area contributed by atoms with Gasteiger partial charge in [0.25, 0.3) is 0 Å². The van der Waals surface area contributed by atoms with Crippen molar-refractivity contribution in [1.29, 1.82) is 0 Å². The highest BCUT2D eigenvalue weighted by molar-refractivity contribution is 6.20. The van der Waals surface area contributed by atoms with Crippen molar-refractivity contribution in [2.75, 3.05) is 0 Å². The molecule has 0 amide bonds. The van der Waals surface area contributed by atoms with Crippen molar-refractivity contribution in [3.8, 4) is 0 Å². The number of rotatable bonds is 2. The zero-order valence-corrected chi connectivity index (χ0v) is 11.6. The van der Waals surface area contributed by atoms with Gasteiger partial charge in [0.15, 0.2) is 0 Å². The van der Waals surface area contributed by atoms with Crippen LogP contribution >= 0.6 is 11.6 Å². The summed E-state index contributed by atoms with van der Waals surface area (Å²) in [5.41, 5.74) is 0.319. The minimum Gasteiger partial charge on any atom is -0.372 e. The van der Waals surface area contributed by atoms with Crippen LogP contribution in [0.1, 0.15) is 70.6 Å². The smallest absolute Gasteiger partial charge is 0.0687 e. The van der Waals surface area contributed by atoms with E-state index < -0.39 is 0 Å². The van der Waals surface area contributed by atoms with Crippen LogP contribution in [-0.4, -0.2) is 17.1 Å². The van der Waals surface area contributed by atoms with Crippen molar-refractivity contribution in [2.24, 2.45) is 5.92 Å². The molecular formula is C15H25ClO. The monoisotopic (exact) mass is 256 g/mol. The molecule has 1 aliphatic heterocycles. The van der Waals surface area contributed by atoms with Gasteiger partial charge in [-0.05, 0) is 50.9 Å². The molecule has 3 fully saturated rings. The van der Waals surface area contributed by atoms with Crippen LogP contribution in [0.3, 0.4) is 0 Å². The van der Waals surface area contributed by atoms with E-state index in [0.717, 1.165) is 5.92 Å². The van der Waals surface area contributed by atoms with Gasteiger partial charge in [0.1, 0.15) is 0 Å². The Morgan fingerprint density at radius 1 is 1.00 bits per heavy atom. The topological polar surface area (TPSA) is 9.23 Å². The second kappa shape index (κ2) is 5.09. The molecule has 2 heteroatoms. The quantitative estimate of drug-likeness (QED) is 0.653. The van der Waals surface area contributed by atoms with Gasteiger partial charge in [-0.15, -0.1) is 11.6 Å². The third kappa shape index (κ3) is 2.81. The van der Waals surface area contributed by atoms with E-state index in [1.807, 2.05) is 0 Å². The molecule has 0 bridgehead atoms. The predicted octanol–water partition coefficient (Wildman–Crippen LogP) is 4.67. The average Bonchev–Trinajstić information content (AvgIpc) is 2.90. The van der Waals surface area contributed by atoms with Crippen molar-refractivity contribution in [3.63, 3.8) is 0 Å². The summed E-state index contributed by atoms with van der Waals surface area (Å²) >= 11 is 6.28. The molecule has 1 nitrogen and oxygen atoms in total. The molecule has 17 heavy (non-hydrogen) atoms. The first-order chi connectivity index (χ1) is 8.26. The van der Waals surface area contributed by atoms with E-state index in [2.05, 4.69) is 0 Å². The van der Waals surface area contributed by atoms with Gasteiger partial charge in [-0.25, -0.2) is 0 Å². The molecule has 0 aromatic carbocycles. The summed E-state index contributed by atoms with van der Waals surface area (Å²) in [5, 5.41) is 0.440. The standard InChI is InChI=1S/C15H25ClO/c16-13-5-3-4-12(10-13)11-14-6-9-15(17-14)7-1-2-8-15/h12-14H,1-11H2. The highest BCUT2D eigenvalue weighted by atomic mass is 35.5. The second-order valence-electron chi connectivity index (χ2n) is 6.53. The lowest BCUT2D eigenvalue weighted by Crippen LogP contribution is -2.26. The lowest BCUT2D eigenvalue weighted by molar-refractivity contribution is -0.0456. The molecule has 0 aromatic rings. The molecule has 1 spiro atoms. The number of ether oxygens (including phenoxy) is 1. The van der Waals surface area contributed by atoms with Gasteiger partial charge in [-0.3, -0.25) is 0 Å². The number of hydrogen-bond acceptors (Lipinski definition) is 1. The van der Waals surface area contributed by atoms with E-state index in [1.54, 1.807) is 0 Å². The predicted molar refractivity (Wildman–Crippen MR) is 71.5 cm³/mol. The maximum atomic E-state index is 6.40. The van der Waals surface area contributed by atoms with Crippen LogP contribution in [0.2, 0.25) is 0 Å².